The summed E-state index contributed by atoms with van der Waals surface area (Å²) in [7, 11) is 1.82. The summed E-state index contributed by atoms with van der Waals surface area (Å²) in [5, 5.41) is 10.3. The van der Waals surface area contributed by atoms with Crippen molar-refractivity contribution in [3.05, 3.63) is 66.0 Å². The van der Waals surface area contributed by atoms with Crippen LogP contribution in [0.25, 0.3) is 16.8 Å². The number of esters is 1. The minimum Gasteiger partial charge on any atom is -0.462 e. The lowest BCUT2D eigenvalue weighted by Gasteiger charge is -2.04. The maximum atomic E-state index is 12.4. The number of aryl methyl sites for hydroxylation is 1. The highest BCUT2D eigenvalue weighted by Gasteiger charge is 2.27. The molecule has 1 aromatic carbocycles. The molecule has 0 fully saturated rings. The molecule has 1 aliphatic rings. The Balaban J connectivity index is 1.62. The van der Waals surface area contributed by atoms with Gasteiger partial charge in [-0.15, -0.1) is 0 Å². The summed E-state index contributed by atoms with van der Waals surface area (Å²) in [6.07, 6.45) is 2.98. The Morgan fingerprint density at radius 2 is 2.07 bits per heavy atom. The van der Waals surface area contributed by atoms with E-state index in [0.29, 0.717) is 28.3 Å². The third-order valence-electron chi connectivity index (χ3n) is 4.48. The molecule has 2 aromatic heterocycles. The molecule has 2 N–H and O–H groups in total. The lowest BCUT2D eigenvalue weighted by atomic mass is 10.1. The van der Waals surface area contributed by atoms with Gasteiger partial charge in [-0.05, 0) is 13.0 Å². The summed E-state index contributed by atoms with van der Waals surface area (Å²) in [6, 6.07) is 13.3. The van der Waals surface area contributed by atoms with Gasteiger partial charge < -0.3 is 15.4 Å². The van der Waals surface area contributed by atoms with Gasteiger partial charge in [0, 0.05) is 36.6 Å². The van der Waals surface area contributed by atoms with E-state index in [4.69, 9.17) is 4.74 Å². The Morgan fingerprint density at radius 1 is 1.28 bits per heavy atom. The molecule has 0 unspecified atom stereocenters. The molecular weight excluding hydrogens is 370 g/mol. The molecule has 3 heterocycles. The van der Waals surface area contributed by atoms with Crippen LogP contribution in [0.3, 0.4) is 0 Å². The Hall–Kier alpha value is -3.94. The van der Waals surface area contributed by atoms with Crippen molar-refractivity contribution in [2.24, 2.45) is 7.05 Å². The number of carbonyl (C=O) groups is 2. The Morgan fingerprint density at radius 3 is 2.83 bits per heavy atom. The number of amides is 1. The summed E-state index contributed by atoms with van der Waals surface area (Å²) >= 11 is 0. The lowest BCUT2D eigenvalue weighted by molar-refractivity contribution is -0.110. The van der Waals surface area contributed by atoms with Crippen LogP contribution in [0, 0.1) is 0 Å². The summed E-state index contributed by atoms with van der Waals surface area (Å²) in [5.41, 5.74) is 3.02. The molecule has 0 spiro atoms. The second-order valence-corrected chi connectivity index (χ2v) is 6.40. The second kappa shape index (κ2) is 7.59. The normalized spacial score (nSPS) is 13.9. The van der Waals surface area contributed by atoms with Crippen LogP contribution in [0.5, 0.6) is 0 Å². The minimum atomic E-state index is -0.478. The van der Waals surface area contributed by atoms with E-state index in [9.17, 15) is 9.59 Å². The largest absolute Gasteiger partial charge is 0.462 e. The Bertz CT molecular complexity index is 1120. The highest BCUT2D eigenvalue weighted by molar-refractivity contribution is 6.31. The second-order valence-electron chi connectivity index (χ2n) is 6.40. The van der Waals surface area contributed by atoms with Crippen molar-refractivity contribution < 1.29 is 14.3 Å². The zero-order valence-corrected chi connectivity index (χ0v) is 16.0. The standard InChI is InChI=1S/C21H19N5O3/c1-3-29-21(28)14-9-15-16(20(27)24-19(15)23-11-14)12-22-18-10-17(25-26(18)2)13-7-5-4-6-8-13/h4-12,22H,3H2,1-2H3,(H,23,24,27)/b16-12+. The molecule has 0 radical (unpaired) electrons. The van der Waals surface area contributed by atoms with Crippen LogP contribution in [0.15, 0.2) is 54.9 Å². The monoisotopic (exact) mass is 389 g/mol. The summed E-state index contributed by atoms with van der Waals surface area (Å²) in [5.74, 6) is 0.346. The molecule has 0 bridgehead atoms. The first kappa shape index (κ1) is 18.4. The quantitative estimate of drug-likeness (QED) is 0.514. The van der Waals surface area contributed by atoms with Crippen molar-refractivity contribution in [3.8, 4) is 11.3 Å². The molecule has 0 atom stereocenters. The number of anilines is 2. The van der Waals surface area contributed by atoms with E-state index >= 15 is 0 Å². The number of ether oxygens (including phenoxy) is 1. The van der Waals surface area contributed by atoms with E-state index in [-0.39, 0.29) is 12.5 Å². The lowest BCUT2D eigenvalue weighted by Crippen LogP contribution is -2.06. The fourth-order valence-corrected chi connectivity index (χ4v) is 3.03. The van der Waals surface area contributed by atoms with Crippen molar-refractivity contribution in [1.29, 1.82) is 0 Å². The van der Waals surface area contributed by atoms with Gasteiger partial charge in [-0.2, -0.15) is 5.10 Å². The van der Waals surface area contributed by atoms with Gasteiger partial charge in [-0.3, -0.25) is 9.48 Å². The summed E-state index contributed by atoms with van der Waals surface area (Å²) in [6.45, 7) is 2.00. The van der Waals surface area contributed by atoms with Gasteiger partial charge in [0.2, 0.25) is 0 Å². The Kier molecular flexibility index (Phi) is 4.82. The van der Waals surface area contributed by atoms with Gasteiger partial charge in [-0.25, -0.2) is 9.78 Å². The van der Waals surface area contributed by atoms with E-state index in [2.05, 4.69) is 20.7 Å². The van der Waals surface area contributed by atoms with E-state index < -0.39 is 5.97 Å². The molecule has 8 nitrogen and oxygen atoms in total. The van der Waals surface area contributed by atoms with Crippen LogP contribution >= 0.6 is 0 Å². The summed E-state index contributed by atoms with van der Waals surface area (Å²) < 4.78 is 6.70. The number of hydrogen-bond acceptors (Lipinski definition) is 6. The maximum Gasteiger partial charge on any atom is 0.339 e. The number of hydrogen-bond donors (Lipinski definition) is 2. The fraction of sp³-hybridized carbons (Fsp3) is 0.143. The van der Waals surface area contributed by atoms with Crippen LogP contribution in [0.2, 0.25) is 0 Å². The topological polar surface area (TPSA) is 98.1 Å². The summed E-state index contributed by atoms with van der Waals surface area (Å²) in [4.78, 5) is 28.5. The molecule has 0 saturated heterocycles. The number of aromatic nitrogens is 3. The minimum absolute atomic E-state index is 0.265. The van der Waals surface area contributed by atoms with Crippen molar-refractivity contribution in [3.63, 3.8) is 0 Å². The van der Waals surface area contributed by atoms with Gasteiger partial charge in [-0.1, -0.05) is 30.3 Å². The molecule has 146 valence electrons. The average molecular weight is 389 g/mol. The third-order valence-corrected chi connectivity index (χ3v) is 4.48. The van der Waals surface area contributed by atoms with Crippen molar-refractivity contribution >= 4 is 29.1 Å². The molecule has 8 heteroatoms. The molecule has 4 rings (SSSR count). The van der Waals surface area contributed by atoms with Gasteiger partial charge in [0.1, 0.15) is 11.6 Å². The first-order valence-electron chi connectivity index (χ1n) is 9.12. The van der Waals surface area contributed by atoms with E-state index in [0.717, 1.165) is 11.3 Å². The van der Waals surface area contributed by atoms with E-state index in [1.807, 2.05) is 43.4 Å². The van der Waals surface area contributed by atoms with Gasteiger partial charge in [0.05, 0.1) is 23.4 Å². The van der Waals surface area contributed by atoms with Gasteiger partial charge in [0.15, 0.2) is 0 Å². The predicted octanol–water partition coefficient (Wildman–Crippen LogP) is 3.06. The van der Waals surface area contributed by atoms with E-state index in [1.165, 1.54) is 6.20 Å². The number of pyridine rings is 1. The van der Waals surface area contributed by atoms with Gasteiger partial charge >= 0.3 is 5.97 Å². The predicted molar refractivity (Wildman–Crippen MR) is 109 cm³/mol. The maximum absolute atomic E-state index is 12.4. The van der Waals surface area contributed by atoms with Crippen molar-refractivity contribution in [2.45, 2.75) is 6.92 Å². The first-order valence-corrected chi connectivity index (χ1v) is 9.12. The van der Waals surface area contributed by atoms with Crippen LogP contribution in [0.1, 0.15) is 22.8 Å². The fourth-order valence-electron chi connectivity index (χ4n) is 3.03. The number of carbonyl (C=O) groups excluding carboxylic acids is 2. The van der Waals surface area contributed by atoms with Crippen LogP contribution < -0.4 is 10.6 Å². The number of fused-ring (bicyclic) bond motifs is 1. The molecule has 0 saturated carbocycles. The molecule has 0 aliphatic carbocycles. The number of benzene rings is 1. The highest BCUT2D eigenvalue weighted by atomic mass is 16.5. The van der Waals surface area contributed by atoms with E-state index in [1.54, 1.807) is 23.9 Å². The zero-order chi connectivity index (χ0) is 20.4. The van der Waals surface area contributed by atoms with Crippen molar-refractivity contribution in [2.75, 3.05) is 17.2 Å². The molecule has 1 aliphatic heterocycles. The van der Waals surface area contributed by atoms with Crippen LogP contribution in [-0.2, 0) is 16.6 Å². The number of nitrogens with zero attached hydrogens (tertiary/aromatic N) is 3. The SMILES string of the molecule is CCOC(=O)c1cnc2c(c1)/C(=C\Nc1cc(-c3ccccc3)nn1C)C(=O)N2. The van der Waals surface area contributed by atoms with Crippen LogP contribution in [-0.4, -0.2) is 33.2 Å². The van der Waals surface area contributed by atoms with Crippen LogP contribution in [0.4, 0.5) is 11.6 Å². The molecular formula is C21H19N5O3. The number of rotatable bonds is 5. The number of nitrogens with one attached hydrogen (secondary N) is 2. The van der Waals surface area contributed by atoms with Crippen molar-refractivity contribution in [1.82, 2.24) is 14.8 Å². The zero-order valence-electron chi connectivity index (χ0n) is 16.0. The smallest absolute Gasteiger partial charge is 0.339 e. The molecule has 3 aromatic rings. The first-order chi connectivity index (χ1) is 14.1. The highest BCUT2D eigenvalue weighted by Crippen LogP contribution is 2.31. The third kappa shape index (κ3) is 3.60. The molecule has 29 heavy (non-hydrogen) atoms. The molecule has 1 amide bonds. The Labute approximate surface area is 167 Å². The van der Waals surface area contributed by atoms with Gasteiger partial charge in [0.25, 0.3) is 5.91 Å². The average Bonchev–Trinajstić information content (AvgIpc) is 3.25.